The summed E-state index contributed by atoms with van der Waals surface area (Å²) in [5.74, 6) is -0.804. The van der Waals surface area contributed by atoms with Crippen LogP contribution in [0.2, 0.25) is 0 Å². The van der Waals surface area contributed by atoms with Gasteiger partial charge in [-0.15, -0.1) is 0 Å². The van der Waals surface area contributed by atoms with E-state index in [1.54, 1.807) is 31.1 Å². The number of anilines is 3. The third-order valence-electron chi connectivity index (χ3n) is 2.60. The average molecular weight is 294 g/mol. The van der Waals surface area contributed by atoms with Crippen molar-refractivity contribution in [2.75, 3.05) is 30.0 Å². The summed E-state index contributed by atoms with van der Waals surface area (Å²) < 4.78 is 13.6. The number of halogens is 1. The number of hydrogen-bond acceptors (Lipinski definition) is 5. The number of nitrogens with zero attached hydrogens (tertiary/aromatic N) is 2. The van der Waals surface area contributed by atoms with Gasteiger partial charge in [0.25, 0.3) is 5.91 Å². The monoisotopic (exact) mass is 294 g/mol. The van der Waals surface area contributed by atoms with Crippen molar-refractivity contribution in [1.82, 2.24) is 4.98 Å². The van der Waals surface area contributed by atoms with Crippen LogP contribution >= 0.6 is 11.3 Å². The van der Waals surface area contributed by atoms with Gasteiger partial charge in [0.2, 0.25) is 0 Å². The number of nitrogens with two attached hydrogens (primary N) is 1. The molecule has 0 radical (unpaired) electrons. The summed E-state index contributed by atoms with van der Waals surface area (Å²) in [6.07, 6.45) is 0. The average Bonchev–Trinajstić information content (AvgIpc) is 2.76. The molecule has 0 spiro atoms. The summed E-state index contributed by atoms with van der Waals surface area (Å²) in [7, 11) is 3.61. The van der Waals surface area contributed by atoms with E-state index in [0.29, 0.717) is 5.13 Å². The van der Waals surface area contributed by atoms with Crippen LogP contribution in [0.15, 0.2) is 18.2 Å². The van der Waals surface area contributed by atoms with E-state index >= 15 is 0 Å². The van der Waals surface area contributed by atoms with E-state index in [1.165, 1.54) is 6.07 Å². The van der Waals surface area contributed by atoms with Crippen LogP contribution in [-0.2, 0) is 0 Å². The maximum Gasteiger partial charge on any atom is 0.269 e. The molecule has 0 aliphatic rings. The predicted molar refractivity (Wildman–Crippen MR) is 79.9 cm³/mol. The maximum atomic E-state index is 13.6. The third-order valence-corrected chi connectivity index (χ3v) is 3.84. The van der Waals surface area contributed by atoms with Crippen molar-refractivity contribution in [2.45, 2.75) is 6.92 Å². The largest absolute Gasteiger partial charge is 0.382 e. The smallest absolute Gasteiger partial charge is 0.269 e. The van der Waals surface area contributed by atoms with E-state index in [4.69, 9.17) is 5.73 Å². The van der Waals surface area contributed by atoms with Gasteiger partial charge in [-0.05, 0) is 24.6 Å². The van der Waals surface area contributed by atoms with Crippen LogP contribution in [0.5, 0.6) is 0 Å². The number of hydrogen-bond donors (Lipinski definition) is 2. The fourth-order valence-electron chi connectivity index (χ4n) is 1.59. The summed E-state index contributed by atoms with van der Waals surface area (Å²) in [5.41, 5.74) is 6.71. The standard InChI is InChI=1S/C13H15FN4OS/c1-7-4-5-8(14)9(6-7)16-12(19)10-11(15)17-13(20-10)18(2)3/h4-6H,15H2,1-3H3,(H,16,19). The van der Waals surface area contributed by atoms with Gasteiger partial charge in [0, 0.05) is 14.1 Å². The zero-order valence-corrected chi connectivity index (χ0v) is 12.2. The van der Waals surface area contributed by atoms with Gasteiger partial charge in [0.1, 0.15) is 16.5 Å². The number of thiazole rings is 1. The van der Waals surface area contributed by atoms with E-state index in [-0.39, 0.29) is 16.4 Å². The van der Waals surface area contributed by atoms with Crippen molar-refractivity contribution in [1.29, 1.82) is 0 Å². The highest BCUT2D eigenvalue weighted by molar-refractivity contribution is 7.18. The molecular formula is C13H15FN4OS. The first-order valence-corrected chi connectivity index (χ1v) is 6.71. The van der Waals surface area contributed by atoms with Crippen LogP contribution in [-0.4, -0.2) is 25.0 Å². The molecule has 0 aliphatic heterocycles. The highest BCUT2D eigenvalue weighted by Crippen LogP contribution is 2.28. The summed E-state index contributed by atoms with van der Waals surface area (Å²) in [6, 6.07) is 4.51. The lowest BCUT2D eigenvalue weighted by molar-refractivity contribution is 0.103. The number of carbonyl (C=O) groups excluding carboxylic acids is 1. The molecule has 1 amide bonds. The van der Waals surface area contributed by atoms with Gasteiger partial charge in [-0.3, -0.25) is 4.79 Å². The molecule has 2 rings (SSSR count). The van der Waals surface area contributed by atoms with Gasteiger partial charge in [-0.25, -0.2) is 9.37 Å². The molecule has 1 aromatic heterocycles. The molecule has 0 saturated carbocycles. The van der Waals surface area contributed by atoms with Crippen LogP contribution in [0.25, 0.3) is 0 Å². The van der Waals surface area contributed by atoms with Crippen LogP contribution in [0.1, 0.15) is 15.2 Å². The molecular weight excluding hydrogens is 279 g/mol. The number of aromatic nitrogens is 1. The van der Waals surface area contributed by atoms with E-state index in [0.717, 1.165) is 16.9 Å². The first kappa shape index (κ1) is 14.3. The summed E-state index contributed by atoms with van der Waals surface area (Å²) in [4.78, 5) is 18.2. The highest BCUT2D eigenvalue weighted by atomic mass is 32.1. The Hall–Kier alpha value is -2.15. The third kappa shape index (κ3) is 2.88. The Morgan fingerprint density at radius 2 is 2.15 bits per heavy atom. The maximum absolute atomic E-state index is 13.6. The molecule has 20 heavy (non-hydrogen) atoms. The lowest BCUT2D eigenvalue weighted by atomic mass is 10.2. The van der Waals surface area contributed by atoms with E-state index in [2.05, 4.69) is 10.3 Å². The number of amides is 1. The van der Waals surface area contributed by atoms with E-state index < -0.39 is 11.7 Å². The molecule has 1 heterocycles. The molecule has 0 atom stereocenters. The molecule has 0 aliphatic carbocycles. The lowest BCUT2D eigenvalue weighted by Crippen LogP contribution is -2.13. The van der Waals surface area contributed by atoms with Gasteiger partial charge in [0.05, 0.1) is 5.69 Å². The fraction of sp³-hybridized carbons (Fsp3) is 0.231. The molecule has 106 valence electrons. The van der Waals surface area contributed by atoms with Crippen molar-refractivity contribution in [2.24, 2.45) is 0 Å². The molecule has 3 N–H and O–H groups in total. The van der Waals surface area contributed by atoms with Gasteiger partial charge in [-0.2, -0.15) is 0 Å². The predicted octanol–water partition coefficient (Wildman–Crippen LogP) is 2.49. The van der Waals surface area contributed by atoms with Gasteiger partial charge in [-0.1, -0.05) is 17.4 Å². The van der Waals surface area contributed by atoms with Crippen LogP contribution in [0.4, 0.5) is 21.0 Å². The van der Waals surface area contributed by atoms with Crippen LogP contribution in [0, 0.1) is 12.7 Å². The van der Waals surface area contributed by atoms with E-state index in [1.807, 2.05) is 6.92 Å². The number of benzene rings is 1. The number of nitrogens with one attached hydrogen (secondary N) is 1. The fourth-order valence-corrected chi connectivity index (χ4v) is 2.39. The Labute approximate surface area is 120 Å². The van der Waals surface area contributed by atoms with Crippen molar-refractivity contribution in [3.63, 3.8) is 0 Å². The molecule has 0 unspecified atom stereocenters. The molecule has 0 saturated heterocycles. The van der Waals surface area contributed by atoms with E-state index in [9.17, 15) is 9.18 Å². The zero-order chi connectivity index (χ0) is 14.9. The van der Waals surface area contributed by atoms with Crippen molar-refractivity contribution in [3.05, 3.63) is 34.5 Å². The van der Waals surface area contributed by atoms with Crippen molar-refractivity contribution in [3.8, 4) is 0 Å². The molecule has 0 fully saturated rings. The molecule has 0 bridgehead atoms. The first-order chi connectivity index (χ1) is 9.38. The summed E-state index contributed by atoms with van der Waals surface area (Å²) in [5, 5.41) is 3.14. The van der Waals surface area contributed by atoms with Crippen LogP contribution < -0.4 is 16.0 Å². The number of nitrogen functional groups attached to an aromatic ring is 1. The van der Waals surface area contributed by atoms with Crippen LogP contribution in [0.3, 0.4) is 0 Å². The Bertz CT molecular complexity index is 654. The second kappa shape index (κ2) is 5.46. The number of rotatable bonds is 3. The topological polar surface area (TPSA) is 71.2 Å². The van der Waals surface area contributed by atoms with Crippen molar-refractivity contribution >= 4 is 33.9 Å². The summed E-state index contributed by atoms with van der Waals surface area (Å²) >= 11 is 1.16. The minimum atomic E-state index is -0.486. The minimum Gasteiger partial charge on any atom is -0.382 e. The highest BCUT2D eigenvalue weighted by Gasteiger charge is 2.18. The molecule has 5 nitrogen and oxygen atoms in total. The Balaban J connectivity index is 2.26. The van der Waals surface area contributed by atoms with Crippen molar-refractivity contribution < 1.29 is 9.18 Å². The SMILES string of the molecule is Cc1ccc(F)c(NC(=O)c2sc(N(C)C)nc2N)c1. The number of aryl methyl sites for hydroxylation is 1. The van der Waals surface area contributed by atoms with Gasteiger partial charge >= 0.3 is 0 Å². The lowest BCUT2D eigenvalue weighted by Gasteiger charge is -2.06. The molecule has 7 heteroatoms. The first-order valence-electron chi connectivity index (χ1n) is 5.89. The second-order valence-electron chi connectivity index (χ2n) is 4.54. The summed E-state index contributed by atoms with van der Waals surface area (Å²) in [6.45, 7) is 1.82. The minimum absolute atomic E-state index is 0.134. The Kier molecular flexibility index (Phi) is 3.89. The van der Waals surface area contributed by atoms with Gasteiger partial charge in [0.15, 0.2) is 5.13 Å². The normalized spacial score (nSPS) is 10.4. The second-order valence-corrected chi connectivity index (χ2v) is 5.52. The quantitative estimate of drug-likeness (QED) is 0.912. The molecule has 1 aromatic carbocycles. The number of carbonyl (C=O) groups is 1. The Morgan fingerprint density at radius 1 is 1.45 bits per heavy atom. The molecule has 2 aromatic rings. The van der Waals surface area contributed by atoms with Gasteiger partial charge < -0.3 is 16.0 Å². The Morgan fingerprint density at radius 3 is 2.75 bits per heavy atom. The zero-order valence-electron chi connectivity index (χ0n) is 11.4.